The SMILES string of the molecule is COCCNC(=O)C(C)Nc1ccc(C(=O)O)nn1. The van der Waals surface area contributed by atoms with Crippen LogP contribution in [0.5, 0.6) is 0 Å². The first-order valence-electron chi connectivity index (χ1n) is 5.64. The monoisotopic (exact) mass is 268 g/mol. The molecule has 0 bridgehead atoms. The van der Waals surface area contributed by atoms with E-state index in [9.17, 15) is 9.59 Å². The van der Waals surface area contributed by atoms with Gasteiger partial charge in [-0.25, -0.2) is 4.79 Å². The number of nitrogens with zero attached hydrogens (tertiary/aromatic N) is 2. The van der Waals surface area contributed by atoms with E-state index in [0.29, 0.717) is 19.0 Å². The van der Waals surface area contributed by atoms with Crippen molar-refractivity contribution in [3.8, 4) is 0 Å². The highest BCUT2D eigenvalue weighted by Crippen LogP contribution is 2.04. The van der Waals surface area contributed by atoms with E-state index in [2.05, 4.69) is 20.8 Å². The number of amides is 1. The zero-order chi connectivity index (χ0) is 14.3. The van der Waals surface area contributed by atoms with E-state index in [1.807, 2.05) is 0 Å². The molecule has 19 heavy (non-hydrogen) atoms. The topological polar surface area (TPSA) is 113 Å². The average Bonchev–Trinajstić information content (AvgIpc) is 2.39. The van der Waals surface area contributed by atoms with Crippen LogP contribution in [0.15, 0.2) is 12.1 Å². The summed E-state index contributed by atoms with van der Waals surface area (Å²) in [4.78, 5) is 22.2. The van der Waals surface area contributed by atoms with Crippen molar-refractivity contribution in [3.63, 3.8) is 0 Å². The Hall–Kier alpha value is -2.22. The molecule has 1 rings (SSSR count). The Kier molecular flexibility index (Phi) is 5.68. The normalized spacial score (nSPS) is 11.7. The molecule has 1 unspecified atom stereocenters. The summed E-state index contributed by atoms with van der Waals surface area (Å²) in [6.45, 7) is 2.52. The lowest BCUT2D eigenvalue weighted by molar-refractivity contribution is -0.121. The quantitative estimate of drug-likeness (QED) is 0.584. The van der Waals surface area contributed by atoms with Gasteiger partial charge in [0.1, 0.15) is 11.9 Å². The molecule has 0 aliphatic rings. The zero-order valence-corrected chi connectivity index (χ0v) is 10.7. The summed E-state index contributed by atoms with van der Waals surface area (Å²) in [6, 6.07) is 2.25. The molecule has 1 atom stereocenters. The Morgan fingerprint density at radius 1 is 1.42 bits per heavy atom. The minimum absolute atomic E-state index is 0.150. The van der Waals surface area contributed by atoms with E-state index in [1.165, 1.54) is 12.1 Å². The third-order valence-corrected chi connectivity index (χ3v) is 2.25. The molecule has 0 aliphatic heterocycles. The van der Waals surface area contributed by atoms with Gasteiger partial charge in [0, 0.05) is 13.7 Å². The number of rotatable bonds is 7. The summed E-state index contributed by atoms with van der Waals surface area (Å²) < 4.78 is 4.81. The molecular weight excluding hydrogens is 252 g/mol. The van der Waals surface area contributed by atoms with Crippen molar-refractivity contribution in [2.24, 2.45) is 0 Å². The van der Waals surface area contributed by atoms with Gasteiger partial charge in [-0.15, -0.1) is 10.2 Å². The molecule has 1 heterocycles. The van der Waals surface area contributed by atoms with Crippen molar-refractivity contribution in [3.05, 3.63) is 17.8 Å². The van der Waals surface area contributed by atoms with Crippen LogP contribution in [0.3, 0.4) is 0 Å². The highest BCUT2D eigenvalue weighted by molar-refractivity contribution is 5.85. The average molecular weight is 268 g/mol. The van der Waals surface area contributed by atoms with Crippen LogP contribution in [0.2, 0.25) is 0 Å². The fraction of sp³-hybridized carbons (Fsp3) is 0.455. The Morgan fingerprint density at radius 3 is 2.68 bits per heavy atom. The second kappa shape index (κ2) is 7.27. The number of carboxylic acids is 1. The summed E-state index contributed by atoms with van der Waals surface area (Å²) in [6.07, 6.45) is 0. The van der Waals surface area contributed by atoms with E-state index in [-0.39, 0.29) is 11.6 Å². The van der Waals surface area contributed by atoms with Crippen molar-refractivity contribution in [1.29, 1.82) is 0 Å². The first-order valence-corrected chi connectivity index (χ1v) is 5.64. The zero-order valence-electron chi connectivity index (χ0n) is 10.7. The Labute approximate surface area is 110 Å². The molecule has 0 saturated heterocycles. The molecule has 0 aliphatic carbocycles. The van der Waals surface area contributed by atoms with Gasteiger partial charge < -0.3 is 20.5 Å². The molecule has 1 aromatic heterocycles. The maximum atomic E-state index is 11.6. The highest BCUT2D eigenvalue weighted by Gasteiger charge is 2.13. The molecule has 0 aromatic carbocycles. The number of carbonyl (C=O) groups is 2. The van der Waals surface area contributed by atoms with Gasteiger partial charge in [-0.05, 0) is 19.1 Å². The Balaban J connectivity index is 2.49. The number of aromatic carboxylic acids is 1. The van der Waals surface area contributed by atoms with Gasteiger partial charge >= 0.3 is 5.97 Å². The molecule has 8 heteroatoms. The maximum absolute atomic E-state index is 11.6. The molecule has 0 fully saturated rings. The smallest absolute Gasteiger partial charge is 0.356 e. The number of nitrogens with one attached hydrogen (secondary N) is 2. The number of ether oxygens (including phenoxy) is 1. The van der Waals surface area contributed by atoms with Crippen molar-refractivity contribution in [2.75, 3.05) is 25.6 Å². The molecule has 1 aromatic rings. The third kappa shape index (κ3) is 4.88. The van der Waals surface area contributed by atoms with Gasteiger partial charge in [0.2, 0.25) is 5.91 Å². The van der Waals surface area contributed by atoms with E-state index in [0.717, 1.165) is 0 Å². The molecular formula is C11H16N4O4. The molecule has 3 N–H and O–H groups in total. The number of carboxylic acid groups (broad SMARTS) is 1. The van der Waals surface area contributed by atoms with E-state index < -0.39 is 12.0 Å². The summed E-state index contributed by atoms with van der Waals surface area (Å²) >= 11 is 0. The predicted molar refractivity (Wildman–Crippen MR) is 67.0 cm³/mol. The van der Waals surface area contributed by atoms with Crippen molar-refractivity contribution < 1.29 is 19.4 Å². The lowest BCUT2D eigenvalue weighted by Gasteiger charge is -2.13. The summed E-state index contributed by atoms with van der Waals surface area (Å²) in [5, 5.41) is 21.3. The van der Waals surface area contributed by atoms with Crippen LogP contribution < -0.4 is 10.6 Å². The van der Waals surface area contributed by atoms with Gasteiger partial charge in [-0.1, -0.05) is 0 Å². The fourth-order valence-corrected chi connectivity index (χ4v) is 1.24. The van der Waals surface area contributed by atoms with Crippen LogP contribution in [0, 0.1) is 0 Å². The molecule has 0 radical (unpaired) electrons. The van der Waals surface area contributed by atoms with Crippen LogP contribution in [0.1, 0.15) is 17.4 Å². The van der Waals surface area contributed by atoms with Gasteiger partial charge in [0.25, 0.3) is 0 Å². The standard InChI is InChI=1S/C11H16N4O4/c1-7(10(16)12-5-6-19-2)13-9-4-3-8(11(17)18)14-15-9/h3-4,7H,5-6H2,1-2H3,(H,12,16)(H,13,15)(H,17,18). The van der Waals surface area contributed by atoms with Gasteiger partial charge in [0.15, 0.2) is 5.69 Å². The Morgan fingerprint density at radius 2 is 2.16 bits per heavy atom. The van der Waals surface area contributed by atoms with Crippen LogP contribution in [-0.2, 0) is 9.53 Å². The second-order valence-corrected chi connectivity index (χ2v) is 3.76. The molecule has 1 amide bonds. The molecule has 8 nitrogen and oxygen atoms in total. The summed E-state index contributed by atoms with van der Waals surface area (Å²) in [5.74, 6) is -1.02. The number of aromatic nitrogens is 2. The first-order chi connectivity index (χ1) is 9.04. The lowest BCUT2D eigenvalue weighted by atomic mass is 10.3. The van der Waals surface area contributed by atoms with Crippen LogP contribution in [0.25, 0.3) is 0 Å². The first kappa shape index (κ1) is 14.8. The fourth-order valence-electron chi connectivity index (χ4n) is 1.24. The van der Waals surface area contributed by atoms with Gasteiger partial charge in [-0.3, -0.25) is 4.79 Å². The van der Waals surface area contributed by atoms with Crippen LogP contribution in [-0.4, -0.2) is 53.5 Å². The van der Waals surface area contributed by atoms with Crippen molar-refractivity contribution in [1.82, 2.24) is 15.5 Å². The number of methoxy groups -OCH3 is 1. The minimum Gasteiger partial charge on any atom is -0.476 e. The summed E-state index contributed by atoms with van der Waals surface area (Å²) in [7, 11) is 1.55. The highest BCUT2D eigenvalue weighted by atomic mass is 16.5. The van der Waals surface area contributed by atoms with Crippen molar-refractivity contribution in [2.45, 2.75) is 13.0 Å². The molecule has 104 valence electrons. The molecule has 0 spiro atoms. The molecule has 0 saturated carbocycles. The van der Waals surface area contributed by atoms with E-state index >= 15 is 0 Å². The lowest BCUT2D eigenvalue weighted by Crippen LogP contribution is -2.39. The van der Waals surface area contributed by atoms with Crippen LogP contribution >= 0.6 is 0 Å². The van der Waals surface area contributed by atoms with Crippen LogP contribution in [0.4, 0.5) is 5.82 Å². The third-order valence-electron chi connectivity index (χ3n) is 2.25. The number of carbonyl (C=O) groups excluding carboxylic acids is 1. The van der Waals surface area contributed by atoms with Crippen molar-refractivity contribution >= 4 is 17.7 Å². The largest absolute Gasteiger partial charge is 0.476 e. The van der Waals surface area contributed by atoms with Gasteiger partial charge in [0.05, 0.1) is 6.61 Å². The predicted octanol–water partition coefficient (Wildman–Crippen LogP) is -0.262. The Bertz CT molecular complexity index is 435. The minimum atomic E-state index is -1.15. The second-order valence-electron chi connectivity index (χ2n) is 3.76. The number of hydrogen-bond donors (Lipinski definition) is 3. The maximum Gasteiger partial charge on any atom is 0.356 e. The van der Waals surface area contributed by atoms with E-state index in [1.54, 1.807) is 14.0 Å². The number of hydrogen-bond acceptors (Lipinski definition) is 6. The van der Waals surface area contributed by atoms with Gasteiger partial charge in [-0.2, -0.15) is 0 Å². The number of anilines is 1. The van der Waals surface area contributed by atoms with E-state index in [4.69, 9.17) is 9.84 Å². The summed E-state index contributed by atoms with van der Waals surface area (Å²) in [5.41, 5.74) is -0.150.